The molecule has 2 heteroatoms. The maximum absolute atomic E-state index is 11.4. The average Bonchev–Trinajstić information content (AvgIpc) is 2.82. The molecule has 1 aliphatic heterocycles. The van der Waals surface area contributed by atoms with E-state index in [2.05, 4.69) is 13.8 Å². The Morgan fingerprint density at radius 3 is 2.50 bits per heavy atom. The van der Waals surface area contributed by atoms with E-state index in [1.807, 2.05) is 4.90 Å². The lowest BCUT2D eigenvalue weighted by molar-refractivity contribution is -0.128. The molecule has 0 spiro atoms. The first-order chi connectivity index (χ1) is 8.69. The van der Waals surface area contributed by atoms with Gasteiger partial charge in [0.25, 0.3) is 0 Å². The topological polar surface area (TPSA) is 20.3 Å². The van der Waals surface area contributed by atoms with Gasteiger partial charge in [-0.15, -0.1) is 0 Å². The summed E-state index contributed by atoms with van der Waals surface area (Å²) in [5.74, 6) is 1.89. The van der Waals surface area contributed by atoms with E-state index in [1.54, 1.807) is 6.92 Å². The zero-order chi connectivity index (χ0) is 13.4. The molecule has 1 amide bonds. The Bertz CT molecular complexity index is 239. The van der Waals surface area contributed by atoms with Gasteiger partial charge < -0.3 is 4.90 Å². The first-order valence-corrected chi connectivity index (χ1v) is 7.94. The van der Waals surface area contributed by atoms with Crippen molar-refractivity contribution >= 4 is 5.91 Å². The van der Waals surface area contributed by atoms with Gasteiger partial charge in [0.15, 0.2) is 0 Å². The predicted octanol–water partition coefficient (Wildman–Crippen LogP) is 4.24. The molecule has 18 heavy (non-hydrogen) atoms. The maximum Gasteiger partial charge on any atom is 0.219 e. The van der Waals surface area contributed by atoms with Gasteiger partial charge in [0, 0.05) is 20.0 Å². The van der Waals surface area contributed by atoms with Crippen molar-refractivity contribution in [1.82, 2.24) is 4.90 Å². The van der Waals surface area contributed by atoms with Crippen LogP contribution in [-0.4, -0.2) is 23.9 Å². The van der Waals surface area contributed by atoms with Crippen molar-refractivity contribution in [2.75, 3.05) is 13.1 Å². The molecule has 2 nitrogen and oxygen atoms in total. The summed E-state index contributed by atoms with van der Waals surface area (Å²) in [6.07, 6.45) is 10.7. The molecule has 2 unspecified atom stereocenters. The lowest BCUT2D eigenvalue weighted by Gasteiger charge is -2.23. The Balaban J connectivity index is 2.34. The van der Waals surface area contributed by atoms with E-state index in [0.717, 1.165) is 24.9 Å². The van der Waals surface area contributed by atoms with Crippen molar-refractivity contribution in [2.24, 2.45) is 11.8 Å². The summed E-state index contributed by atoms with van der Waals surface area (Å²) in [5, 5.41) is 0. The highest BCUT2D eigenvalue weighted by Crippen LogP contribution is 2.31. The van der Waals surface area contributed by atoms with Crippen LogP contribution in [0, 0.1) is 11.8 Å². The minimum Gasteiger partial charge on any atom is -0.343 e. The zero-order valence-electron chi connectivity index (χ0n) is 12.6. The van der Waals surface area contributed by atoms with Gasteiger partial charge in [-0.25, -0.2) is 0 Å². The summed E-state index contributed by atoms with van der Waals surface area (Å²) >= 11 is 0. The molecule has 1 saturated heterocycles. The third kappa shape index (κ3) is 4.99. The van der Waals surface area contributed by atoms with E-state index in [4.69, 9.17) is 0 Å². The third-order valence-corrected chi connectivity index (χ3v) is 4.42. The molecular weight excluding hydrogens is 222 g/mol. The van der Waals surface area contributed by atoms with Crippen molar-refractivity contribution in [3.63, 3.8) is 0 Å². The quantitative estimate of drug-likeness (QED) is 0.592. The second kappa shape index (κ2) is 8.55. The third-order valence-electron chi connectivity index (χ3n) is 4.42. The zero-order valence-corrected chi connectivity index (χ0v) is 12.6. The molecule has 106 valence electrons. The molecule has 0 bridgehead atoms. The number of likely N-dealkylation sites (tertiary alicyclic amines) is 1. The van der Waals surface area contributed by atoms with Crippen molar-refractivity contribution in [2.45, 2.75) is 72.1 Å². The normalized spacial score (nSPS) is 21.3. The Hall–Kier alpha value is -0.530. The highest BCUT2D eigenvalue weighted by Gasteiger charge is 2.29. The van der Waals surface area contributed by atoms with E-state index >= 15 is 0 Å². The fourth-order valence-electron chi connectivity index (χ4n) is 3.28. The molecular formula is C16H31NO. The minimum atomic E-state index is 0.263. The van der Waals surface area contributed by atoms with Crippen LogP contribution in [0.2, 0.25) is 0 Å². The van der Waals surface area contributed by atoms with Gasteiger partial charge in [0.1, 0.15) is 0 Å². The first kappa shape index (κ1) is 15.5. The second-order valence-electron chi connectivity index (χ2n) is 5.91. The molecule has 1 fully saturated rings. The van der Waals surface area contributed by atoms with Gasteiger partial charge >= 0.3 is 0 Å². The summed E-state index contributed by atoms with van der Waals surface area (Å²) < 4.78 is 0. The van der Waals surface area contributed by atoms with Gasteiger partial charge in [-0.05, 0) is 18.3 Å². The first-order valence-electron chi connectivity index (χ1n) is 7.94. The standard InChI is InChI=1S/C16H31NO/c1-4-6-7-8-10-15(9-5-2)16-11-12-17(13-16)14(3)18/h15-16H,4-13H2,1-3H3. The number of carbonyl (C=O) groups excluding carboxylic acids is 1. The lowest BCUT2D eigenvalue weighted by Crippen LogP contribution is -2.27. The molecule has 0 N–H and O–H groups in total. The summed E-state index contributed by atoms with van der Waals surface area (Å²) in [6.45, 7) is 8.28. The average molecular weight is 253 g/mol. The minimum absolute atomic E-state index is 0.263. The van der Waals surface area contributed by atoms with Crippen LogP contribution in [0.1, 0.15) is 72.1 Å². The van der Waals surface area contributed by atoms with Crippen LogP contribution in [0.25, 0.3) is 0 Å². The maximum atomic E-state index is 11.4. The van der Waals surface area contributed by atoms with Crippen LogP contribution in [0.3, 0.4) is 0 Å². The van der Waals surface area contributed by atoms with Crippen LogP contribution in [0.4, 0.5) is 0 Å². The van der Waals surface area contributed by atoms with Crippen molar-refractivity contribution < 1.29 is 4.79 Å². The van der Waals surface area contributed by atoms with E-state index in [9.17, 15) is 4.79 Å². The molecule has 0 aromatic carbocycles. The Labute approximate surface area is 113 Å². The van der Waals surface area contributed by atoms with Crippen LogP contribution in [-0.2, 0) is 4.79 Å². The van der Waals surface area contributed by atoms with Gasteiger partial charge in [-0.2, -0.15) is 0 Å². The SMILES string of the molecule is CCCCCCC(CCC)C1CCN(C(C)=O)C1. The summed E-state index contributed by atoms with van der Waals surface area (Å²) in [4.78, 5) is 13.4. The summed E-state index contributed by atoms with van der Waals surface area (Å²) in [6, 6.07) is 0. The van der Waals surface area contributed by atoms with Crippen LogP contribution in [0.5, 0.6) is 0 Å². The molecule has 1 aliphatic rings. The van der Waals surface area contributed by atoms with E-state index in [0.29, 0.717) is 0 Å². The smallest absolute Gasteiger partial charge is 0.219 e. The van der Waals surface area contributed by atoms with E-state index < -0.39 is 0 Å². The van der Waals surface area contributed by atoms with E-state index in [1.165, 1.54) is 51.4 Å². The number of hydrogen-bond donors (Lipinski definition) is 0. The number of amides is 1. The van der Waals surface area contributed by atoms with Crippen molar-refractivity contribution in [1.29, 1.82) is 0 Å². The van der Waals surface area contributed by atoms with Crippen molar-refractivity contribution in [3.8, 4) is 0 Å². The number of rotatable bonds is 8. The summed E-state index contributed by atoms with van der Waals surface area (Å²) in [7, 11) is 0. The predicted molar refractivity (Wildman–Crippen MR) is 77.5 cm³/mol. The van der Waals surface area contributed by atoms with Gasteiger partial charge in [-0.3, -0.25) is 4.79 Å². The fourth-order valence-corrected chi connectivity index (χ4v) is 3.28. The molecule has 1 heterocycles. The van der Waals surface area contributed by atoms with Crippen LogP contribution >= 0.6 is 0 Å². The molecule has 0 aliphatic carbocycles. The number of unbranched alkanes of at least 4 members (excludes halogenated alkanes) is 3. The molecule has 0 radical (unpaired) electrons. The lowest BCUT2D eigenvalue weighted by atomic mass is 9.84. The van der Waals surface area contributed by atoms with Crippen LogP contribution in [0.15, 0.2) is 0 Å². The molecule has 2 atom stereocenters. The fraction of sp³-hybridized carbons (Fsp3) is 0.938. The molecule has 0 aromatic heterocycles. The number of hydrogen-bond acceptors (Lipinski definition) is 1. The number of nitrogens with zero attached hydrogens (tertiary/aromatic N) is 1. The molecule has 1 rings (SSSR count). The Kier molecular flexibility index (Phi) is 7.38. The monoisotopic (exact) mass is 253 g/mol. The van der Waals surface area contributed by atoms with Crippen LogP contribution < -0.4 is 0 Å². The highest BCUT2D eigenvalue weighted by molar-refractivity contribution is 5.73. The van der Waals surface area contributed by atoms with Gasteiger partial charge in [0.05, 0.1) is 0 Å². The largest absolute Gasteiger partial charge is 0.343 e. The summed E-state index contributed by atoms with van der Waals surface area (Å²) in [5.41, 5.74) is 0. The van der Waals surface area contributed by atoms with Gasteiger partial charge in [0.2, 0.25) is 5.91 Å². The highest BCUT2D eigenvalue weighted by atomic mass is 16.2. The Morgan fingerprint density at radius 2 is 1.94 bits per heavy atom. The van der Waals surface area contributed by atoms with Crippen molar-refractivity contribution in [3.05, 3.63) is 0 Å². The molecule has 0 aromatic rings. The van der Waals surface area contributed by atoms with E-state index in [-0.39, 0.29) is 5.91 Å². The number of carbonyl (C=O) groups is 1. The second-order valence-corrected chi connectivity index (χ2v) is 5.91. The molecule has 0 saturated carbocycles. The Morgan fingerprint density at radius 1 is 1.17 bits per heavy atom. The van der Waals surface area contributed by atoms with Gasteiger partial charge in [-0.1, -0.05) is 58.8 Å².